The molecule has 0 aliphatic carbocycles. The molecule has 0 radical (unpaired) electrons. The van der Waals surface area contributed by atoms with Gasteiger partial charge in [0.25, 0.3) is 0 Å². The molecule has 0 bridgehead atoms. The number of nitrogens with one attached hydrogen (secondary N) is 1. The maximum absolute atomic E-state index is 13.1. The van der Waals surface area contributed by atoms with E-state index in [1.54, 1.807) is 19.4 Å². The predicted octanol–water partition coefficient (Wildman–Crippen LogP) is 3.85. The first kappa shape index (κ1) is 22.8. The first-order valence-corrected chi connectivity index (χ1v) is 11.2. The normalized spacial score (nSPS) is 16.3. The number of carbonyl (C=O) groups is 1. The molecule has 0 spiro atoms. The highest BCUT2D eigenvalue weighted by Crippen LogP contribution is 2.23. The van der Waals surface area contributed by atoms with E-state index in [0.29, 0.717) is 31.1 Å². The molecule has 8 nitrogen and oxygen atoms in total. The number of benzene rings is 1. The SMILES string of the molecule is COCCc1ncc(CN2CCCC[C@@H]2C(=O)Nc2ccc(Oc3ccccc3)nc2)cn1. The van der Waals surface area contributed by atoms with E-state index < -0.39 is 0 Å². The Labute approximate surface area is 194 Å². The van der Waals surface area contributed by atoms with E-state index in [0.717, 1.165) is 42.9 Å². The molecular formula is C25H29N5O3. The van der Waals surface area contributed by atoms with Gasteiger partial charge >= 0.3 is 0 Å². The number of hydrogen-bond acceptors (Lipinski definition) is 7. The molecule has 1 aliphatic rings. The van der Waals surface area contributed by atoms with Crippen molar-refractivity contribution in [3.05, 3.63) is 72.4 Å². The fraction of sp³-hybridized carbons (Fsp3) is 0.360. The van der Waals surface area contributed by atoms with Crippen molar-refractivity contribution in [3.8, 4) is 11.6 Å². The molecule has 0 unspecified atom stereocenters. The number of anilines is 1. The molecule has 1 atom stereocenters. The number of para-hydroxylation sites is 1. The van der Waals surface area contributed by atoms with E-state index in [-0.39, 0.29) is 11.9 Å². The van der Waals surface area contributed by atoms with Crippen molar-refractivity contribution >= 4 is 11.6 Å². The van der Waals surface area contributed by atoms with Crippen LogP contribution in [0, 0.1) is 0 Å². The summed E-state index contributed by atoms with van der Waals surface area (Å²) in [5.41, 5.74) is 1.65. The average molecular weight is 448 g/mol. The first-order chi connectivity index (χ1) is 16.2. The highest BCUT2D eigenvalue weighted by atomic mass is 16.5. The molecule has 1 amide bonds. The summed E-state index contributed by atoms with van der Waals surface area (Å²) in [4.78, 5) is 28.4. The summed E-state index contributed by atoms with van der Waals surface area (Å²) in [6.45, 7) is 2.11. The number of carbonyl (C=O) groups excluding carboxylic acids is 1. The lowest BCUT2D eigenvalue weighted by Crippen LogP contribution is -2.46. The van der Waals surface area contributed by atoms with Crippen molar-refractivity contribution in [2.24, 2.45) is 0 Å². The van der Waals surface area contributed by atoms with Gasteiger partial charge in [0.05, 0.1) is 24.5 Å². The van der Waals surface area contributed by atoms with Crippen LogP contribution < -0.4 is 10.1 Å². The van der Waals surface area contributed by atoms with E-state index in [9.17, 15) is 4.79 Å². The minimum absolute atomic E-state index is 0.0224. The molecule has 1 aliphatic heterocycles. The number of aromatic nitrogens is 3. The van der Waals surface area contributed by atoms with Gasteiger partial charge < -0.3 is 14.8 Å². The third-order valence-electron chi connectivity index (χ3n) is 5.56. The summed E-state index contributed by atoms with van der Waals surface area (Å²) in [5, 5.41) is 3.01. The average Bonchev–Trinajstić information content (AvgIpc) is 2.86. The number of rotatable bonds is 9. The standard InChI is InChI=1S/C25H29N5O3/c1-32-14-12-23-26-15-19(16-27-23)18-30-13-6-5-9-22(30)25(31)29-20-10-11-24(28-17-20)33-21-7-3-2-4-8-21/h2-4,7-8,10-11,15-17,22H,5-6,9,12-14,18H2,1H3,(H,29,31)/t22-/m1/s1. The van der Waals surface area contributed by atoms with E-state index in [4.69, 9.17) is 9.47 Å². The maximum Gasteiger partial charge on any atom is 0.241 e. The molecule has 33 heavy (non-hydrogen) atoms. The van der Waals surface area contributed by atoms with Gasteiger partial charge in [0.15, 0.2) is 0 Å². The van der Waals surface area contributed by atoms with Crippen molar-refractivity contribution in [1.29, 1.82) is 0 Å². The number of nitrogens with zero attached hydrogens (tertiary/aromatic N) is 4. The molecule has 1 fully saturated rings. The fourth-order valence-electron chi connectivity index (χ4n) is 3.85. The van der Waals surface area contributed by atoms with Crippen molar-refractivity contribution in [2.75, 3.05) is 25.6 Å². The number of ether oxygens (including phenoxy) is 2. The third-order valence-corrected chi connectivity index (χ3v) is 5.56. The smallest absolute Gasteiger partial charge is 0.241 e. The van der Waals surface area contributed by atoms with Crippen LogP contribution in [-0.4, -0.2) is 52.1 Å². The zero-order valence-corrected chi connectivity index (χ0v) is 18.8. The highest BCUT2D eigenvalue weighted by molar-refractivity contribution is 5.94. The van der Waals surface area contributed by atoms with Gasteiger partial charge in [-0.1, -0.05) is 24.6 Å². The monoisotopic (exact) mass is 447 g/mol. The lowest BCUT2D eigenvalue weighted by molar-refractivity contribution is -0.122. The van der Waals surface area contributed by atoms with Crippen molar-refractivity contribution in [3.63, 3.8) is 0 Å². The second-order valence-electron chi connectivity index (χ2n) is 8.02. The van der Waals surface area contributed by atoms with Crippen LogP contribution in [0.4, 0.5) is 5.69 Å². The number of likely N-dealkylation sites (tertiary alicyclic amines) is 1. The summed E-state index contributed by atoms with van der Waals surface area (Å²) in [5.74, 6) is 1.94. The largest absolute Gasteiger partial charge is 0.439 e. The van der Waals surface area contributed by atoms with Gasteiger partial charge in [-0.3, -0.25) is 9.69 Å². The van der Waals surface area contributed by atoms with Gasteiger partial charge in [-0.25, -0.2) is 15.0 Å². The van der Waals surface area contributed by atoms with Gasteiger partial charge in [-0.05, 0) is 37.6 Å². The Morgan fingerprint density at radius 2 is 1.88 bits per heavy atom. The molecule has 3 heterocycles. The zero-order chi connectivity index (χ0) is 22.9. The highest BCUT2D eigenvalue weighted by Gasteiger charge is 2.29. The number of amides is 1. The Morgan fingerprint density at radius 3 is 2.61 bits per heavy atom. The molecule has 1 N–H and O–H groups in total. The van der Waals surface area contributed by atoms with Crippen LogP contribution in [0.3, 0.4) is 0 Å². The van der Waals surface area contributed by atoms with E-state index in [1.807, 2.05) is 48.8 Å². The number of piperidine rings is 1. The maximum atomic E-state index is 13.1. The molecule has 2 aromatic heterocycles. The number of methoxy groups -OCH3 is 1. The van der Waals surface area contributed by atoms with Gasteiger partial charge in [0, 0.05) is 44.1 Å². The van der Waals surface area contributed by atoms with Gasteiger partial charge in [-0.2, -0.15) is 0 Å². The van der Waals surface area contributed by atoms with Crippen LogP contribution in [0.25, 0.3) is 0 Å². The molecule has 3 aromatic rings. The van der Waals surface area contributed by atoms with Crippen LogP contribution in [0.1, 0.15) is 30.7 Å². The van der Waals surface area contributed by atoms with E-state index in [1.165, 1.54) is 0 Å². The minimum atomic E-state index is -0.202. The van der Waals surface area contributed by atoms with E-state index in [2.05, 4.69) is 25.2 Å². The second-order valence-corrected chi connectivity index (χ2v) is 8.02. The number of pyridine rings is 1. The lowest BCUT2D eigenvalue weighted by atomic mass is 10.0. The van der Waals surface area contributed by atoms with Gasteiger partial charge in [-0.15, -0.1) is 0 Å². The lowest BCUT2D eigenvalue weighted by Gasteiger charge is -2.34. The Morgan fingerprint density at radius 1 is 1.06 bits per heavy atom. The molecule has 8 heteroatoms. The summed E-state index contributed by atoms with van der Waals surface area (Å²) in [6.07, 6.45) is 8.92. The third kappa shape index (κ3) is 6.57. The predicted molar refractivity (Wildman–Crippen MR) is 125 cm³/mol. The summed E-state index contributed by atoms with van der Waals surface area (Å²) >= 11 is 0. The van der Waals surface area contributed by atoms with Crippen LogP contribution in [0.2, 0.25) is 0 Å². The van der Waals surface area contributed by atoms with Crippen molar-refractivity contribution in [2.45, 2.75) is 38.3 Å². The van der Waals surface area contributed by atoms with Crippen LogP contribution in [0.5, 0.6) is 11.6 Å². The zero-order valence-electron chi connectivity index (χ0n) is 18.8. The summed E-state index contributed by atoms with van der Waals surface area (Å²) in [7, 11) is 1.67. The molecule has 0 saturated carbocycles. The molecular weight excluding hydrogens is 418 g/mol. The summed E-state index contributed by atoms with van der Waals surface area (Å²) < 4.78 is 10.8. The molecule has 172 valence electrons. The summed E-state index contributed by atoms with van der Waals surface area (Å²) in [6, 6.07) is 12.8. The van der Waals surface area contributed by atoms with Crippen molar-refractivity contribution in [1.82, 2.24) is 19.9 Å². The van der Waals surface area contributed by atoms with E-state index >= 15 is 0 Å². The quantitative estimate of drug-likeness (QED) is 0.533. The first-order valence-electron chi connectivity index (χ1n) is 11.2. The van der Waals surface area contributed by atoms with Gasteiger partial charge in [0.1, 0.15) is 11.6 Å². The Hall–Kier alpha value is -3.36. The van der Waals surface area contributed by atoms with Crippen molar-refractivity contribution < 1.29 is 14.3 Å². The topological polar surface area (TPSA) is 89.5 Å². The van der Waals surface area contributed by atoms with Crippen LogP contribution in [-0.2, 0) is 22.5 Å². The molecule has 4 rings (SSSR count). The Balaban J connectivity index is 1.35. The second kappa shape index (κ2) is 11.5. The number of hydrogen-bond donors (Lipinski definition) is 1. The molecule has 1 aromatic carbocycles. The molecule has 1 saturated heterocycles. The van der Waals surface area contributed by atoms with Crippen LogP contribution in [0.15, 0.2) is 61.1 Å². The Bertz CT molecular complexity index is 1010. The fourth-order valence-corrected chi connectivity index (χ4v) is 3.85. The van der Waals surface area contributed by atoms with Gasteiger partial charge in [0.2, 0.25) is 11.8 Å². The minimum Gasteiger partial charge on any atom is -0.439 e. The Kier molecular flexibility index (Phi) is 7.94. The van der Waals surface area contributed by atoms with Crippen LogP contribution >= 0.6 is 0 Å².